The average Bonchev–Trinajstić information content (AvgIpc) is 3.10. The molecule has 2 aromatic rings. The molecule has 3 aliphatic rings. The van der Waals surface area contributed by atoms with E-state index >= 15 is 0 Å². The van der Waals surface area contributed by atoms with E-state index < -0.39 is 0 Å². The number of hydrogen-bond donors (Lipinski definition) is 0. The molecule has 0 bridgehead atoms. The van der Waals surface area contributed by atoms with Gasteiger partial charge in [0.05, 0.1) is 30.8 Å². The minimum Gasteiger partial charge on any atom is -0.445 e. The molecular weight excluding hydrogens is 320 g/mol. The lowest BCUT2D eigenvalue weighted by atomic mass is 10.0. The summed E-state index contributed by atoms with van der Waals surface area (Å²) in [6.07, 6.45) is 9.11. The normalized spacial score (nSPS) is 24.3. The zero-order valence-electron chi connectivity index (χ0n) is 14.2. The number of ether oxygens (including phenoxy) is 1. The van der Waals surface area contributed by atoms with Gasteiger partial charge in [-0.05, 0) is 19.3 Å². The Morgan fingerprint density at radius 1 is 1.40 bits per heavy atom. The predicted octanol–water partition coefficient (Wildman–Crippen LogP) is 1.74. The van der Waals surface area contributed by atoms with Crippen molar-refractivity contribution < 1.29 is 13.9 Å². The molecule has 2 aliphatic heterocycles. The minimum atomic E-state index is -0.246. The summed E-state index contributed by atoms with van der Waals surface area (Å²) in [6, 6.07) is 0. The van der Waals surface area contributed by atoms with Crippen LogP contribution < -0.4 is 0 Å². The van der Waals surface area contributed by atoms with Gasteiger partial charge >= 0.3 is 0 Å². The smallest absolute Gasteiger partial charge is 0.230 e. The summed E-state index contributed by atoms with van der Waals surface area (Å²) >= 11 is 0. The van der Waals surface area contributed by atoms with Gasteiger partial charge in [-0.1, -0.05) is 0 Å². The predicted molar refractivity (Wildman–Crippen MR) is 87.7 cm³/mol. The number of oxazole rings is 1. The second kappa shape index (κ2) is 5.69. The molecule has 5 rings (SSSR count). The van der Waals surface area contributed by atoms with E-state index in [1.807, 2.05) is 15.7 Å². The summed E-state index contributed by atoms with van der Waals surface area (Å²) in [6.45, 7) is 3.47. The summed E-state index contributed by atoms with van der Waals surface area (Å²) in [5.74, 6) is 2.26. The summed E-state index contributed by atoms with van der Waals surface area (Å²) in [5, 5.41) is 0. The third-order valence-electron chi connectivity index (χ3n) is 5.66. The van der Waals surface area contributed by atoms with Crippen molar-refractivity contribution in [1.82, 2.24) is 19.4 Å². The Balaban J connectivity index is 1.31. The standard InChI is InChI=1S/C18H22N4O3/c23-17(18(3-4-18)11-21-7-5-19-12-21)22-6-1-15-14(9-22)20-16(25-15)13-2-8-24-10-13/h5,7,12-13H,1-4,6,8-11H2. The van der Waals surface area contributed by atoms with Gasteiger partial charge in [0.25, 0.3) is 0 Å². The Bertz CT molecular complexity index is 772. The Labute approximate surface area is 146 Å². The van der Waals surface area contributed by atoms with Crippen LogP contribution in [-0.2, 0) is 29.0 Å². The largest absolute Gasteiger partial charge is 0.445 e. The molecule has 25 heavy (non-hydrogen) atoms. The van der Waals surface area contributed by atoms with E-state index in [0.717, 1.165) is 56.2 Å². The van der Waals surface area contributed by atoms with Crippen molar-refractivity contribution in [1.29, 1.82) is 0 Å². The summed E-state index contributed by atoms with van der Waals surface area (Å²) in [7, 11) is 0. The molecule has 1 aliphatic carbocycles. The molecule has 7 heteroatoms. The first-order valence-corrected chi connectivity index (χ1v) is 9.05. The van der Waals surface area contributed by atoms with Crippen LogP contribution in [0.15, 0.2) is 23.1 Å². The molecular formula is C18H22N4O3. The molecule has 1 saturated heterocycles. The SMILES string of the molecule is O=C(N1CCc2oc(C3CCOC3)nc2C1)C1(Cn2ccnc2)CC1. The molecule has 4 heterocycles. The van der Waals surface area contributed by atoms with Crippen molar-refractivity contribution in [2.24, 2.45) is 5.41 Å². The lowest BCUT2D eigenvalue weighted by Crippen LogP contribution is -2.41. The fourth-order valence-electron chi connectivity index (χ4n) is 3.95. The number of imidazole rings is 1. The first-order valence-electron chi connectivity index (χ1n) is 9.05. The van der Waals surface area contributed by atoms with Crippen molar-refractivity contribution in [2.45, 2.75) is 44.7 Å². The van der Waals surface area contributed by atoms with Crippen molar-refractivity contribution in [2.75, 3.05) is 19.8 Å². The van der Waals surface area contributed by atoms with Crippen molar-refractivity contribution in [3.8, 4) is 0 Å². The van der Waals surface area contributed by atoms with Gasteiger partial charge in [-0.15, -0.1) is 0 Å². The van der Waals surface area contributed by atoms with Crippen LogP contribution >= 0.6 is 0 Å². The van der Waals surface area contributed by atoms with Crippen LogP contribution in [0.4, 0.5) is 0 Å². The van der Waals surface area contributed by atoms with E-state index in [9.17, 15) is 4.79 Å². The maximum absolute atomic E-state index is 13.1. The number of aromatic nitrogens is 3. The number of fused-ring (bicyclic) bond motifs is 1. The van der Waals surface area contributed by atoms with Crippen LogP contribution in [-0.4, -0.2) is 45.1 Å². The fourth-order valence-corrected chi connectivity index (χ4v) is 3.95. The molecule has 0 spiro atoms. The third kappa shape index (κ3) is 2.66. The van der Waals surface area contributed by atoms with Crippen LogP contribution in [0, 0.1) is 5.41 Å². The molecule has 132 valence electrons. The van der Waals surface area contributed by atoms with Gasteiger partial charge in [0.15, 0.2) is 5.89 Å². The van der Waals surface area contributed by atoms with Gasteiger partial charge in [0, 0.05) is 38.5 Å². The van der Waals surface area contributed by atoms with E-state index in [1.165, 1.54) is 0 Å². The van der Waals surface area contributed by atoms with E-state index in [1.54, 1.807) is 12.5 Å². The number of rotatable bonds is 4. The highest BCUT2D eigenvalue weighted by atomic mass is 16.5. The average molecular weight is 342 g/mol. The van der Waals surface area contributed by atoms with Crippen LogP contribution in [0.1, 0.15) is 42.5 Å². The molecule has 0 N–H and O–H groups in total. The van der Waals surface area contributed by atoms with Gasteiger partial charge in [0.1, 0.15) is 11.5 Å². The zero-order chi connectivity index (χ0) is 16.9. The van der Waals surface area contributed by atoms with Crippen LogP contribution in [0.25, 0.3) is 0 Å². The van der Waals surface area contributed by atoms with Gasteiger partial charge in [0.2, 0.25) is 5.91 Å². The van der Waals surface area contributed by atoms with Crippen LogP contribution in [0.3, 0.4) is 0 Å². The van der Waals surface area contributed by atoms with E-state index in [2.05, 4.69) is 9.97 Å². The molecule has 7 nitrogen and oxygen atoms in total. The van der Waals surface area contributed by atoms with Crippen molar-refractivity contribution >= 4 is 5.91 Å². The maximum Gasteiger partial charge on any atom is 0.230 e. The number of nitrogens with zero attached hydrogens (tertiary/aromatic N) is 4. The second-order valence-corrected chi connectivity index (χ2v) is 7.47. The van der Waals surface area contributed by atoms with Gasteiger partial charge < -0.3 is 18.6 Å². The highest BCUT2D eigenvalue weighted by molar-refractivity contribution is 5.85. The number of amides is 1. The summed E-state index contributed by atoms with van der Waals surface area (Å²) in [5.41, 5.74) is 0.685. The zero-order valence-corrected chi connectivity index (χ0v) is 14.2. The van der Waals surface area contributed by atoms with Gasteiger partial charge in [-0.25, -0.2) is 9.97 Å². The Kier molecular flexibility index (Phi) is 3.45. The van der Waals surface area contributed by atoms with E-state index in [4.69, 9.17) is 9.15 Å². The highest BCUT2D eigenvalue weighted by Gasteiger charge is 2.52. The monoisotopic (exact) mass is 342 g/mol. The quantitative estimate of drug-likeness (QED) is 0.846. The van der Waals surface area contributed by atoms with E-state index in [-0.39, 0.29) is 17.2 Å². The first kappa shape index (κ1) is 15.1. The minimum absolute atomic E-state index is 0.246. The lowest BCUT2D eigenvalue weighted by molar-refractivity contribution is -0.138. The Morgan fingerprint density at radius 3 is 3.04 bits per heavy atom. The lowest BCUT2D eigenvalue weighted by Gasteiger charge is -2.29. The van der Waals surface area contributed by atoms with Crippen LogP contribution in [0.2, 0.25) is 0 Å². The van der Waals surface area contributed by atoms with Crippen LogP contribution in [0.5, 0.6) is 0 Å². The summed E-state index contributed by atoms with van der Waals surface area (Å²) in [4.78, 5) is 23.8. The highest BCUT2D eigenvalue weighted by Crippen LogP contribution is 2.49. The van der Waals surface area contributed by atoms with Gasteiger partial charge in [-0.3, -0.25) is 4.79 Å². The van der Waals surface area contributed by atoms with E-state index in [0.29, 0.717) is 19.7 Å². The molecule has 2 aromatic heterocycles. The molecule has 0 radical (unpaired) electrons. The first-order chi connectivity index (χ1) is 12.2. The molecule has 0 aromatic carbocycles. The Hall–Kier alpha value is -2.15. The fraction of sp³-hybridized carbons (Fsp3) is 0.611. The molecule has 1 atom stereocenters. The van der Waals surface area contributed by atoms with Crippen molar-refractivity contribution in [3.05, 3.63) is 36.1 Å². The molecule has 2 fully saturated rings. The number of carbonyl (C=O) groups excluding carboxylic acids is 1. The molecule has 1 amide bonds. The summed E-state index contributed by atoms with van der Waals surface area (Å²) < 4.78 is 13.4. The topological polar surface area (TPSA) is 73.4 Å². The number of carbonyl (C=O) groups is 1. The Morgan fingerprint density at radius 2 is 2.32 bits per heavy atom. The maximum atomic E-state index is 13.1. The van der Waals surface area contributed by atoms with Crippen molar-refractivity contribution in [3.63, 3.8) is 0 Å². The molecule has 1 unspecified atom stereocenters. The van der Waals surface area contributed by atoms with Gasteiger partial charge in [-0.2, -0.15) is 0 Å². The number of hydrogen-bond acceptors (Lipinski definition) is 5. The molecule has 1 saturated carbocycles. The third-order valence-corrected chi connectivity index (χ3v) is 5.66. The second-order valence-electron chi connectivity index (χ2n) is 7.47.